The van der Waals surface area contributed by atoms with Gasteiger partial charge in [-0.05, 0) is 50.1 Å². The summed E-state index contributed by atoms with van der Waals surface area (Å²) in [5.74, 6) is 0.127. The molecule has 0 spiro atoms. The second-order valence-corrected chi connectivity index (χ2v) is 9.98. The quantitative estimate of drug-likeness (QED) is 0.352. The molecule has 0 aliphatic carbocycles. The highest BCUT2D eigenvalue weighted by Gasteiger charge is 2.26. The SMILES string of the molecule is C[C@H]1CCCN(c2nc(CN(C)Cc3ncccn3)nc3c(F)c(-c4c(O)cccc4F)c(Cl)cc23)C1. The molecule has 192 valence electrons. The number of anilines is 1. The van der Waals surface area contributed by atoms with E-state index >= 15 is 4.39 Å². The molecular weight excluding hydrogens is 498 g/mol. The first-order valence-corrected chi connectivity index (χ1v) is 12.6. The zero-order valence-corrected chi connectivity index (χ0v) is 21.4. The average Bonchev–Trinajstić information content (AvgIpc) is 2.86. The van der Waals surface area contributed by atoms with Crippen LogP contribution in [0.5, 0.6) is 5.75 Å². The van der Waals surface area contributed by atoms with E-state index < -0.39 is 17.4 Å². The maximum absolute atomic E-state index is 16.2. The molecular formula is C27H27ClF2N6O. The lowest BCUT2D eigenvalue weighted by Gasteiger charge is -2.33. The van der Waals surface area contributed by atoms with Gasteiger partial charge in [-0.1, -0.05) is 24.6 Å². The minimum absolute atomic E-state index is 0.0218. The van der Waals surface area contributed by atoms with Crippen LogP contribution in [-0.2, 0) is 13.1 Å². The predicted octanol–water partition coefficient (Wildman–Crippen LogP) is 5.59. The van der Waals surface area contributed by atoms with Gasteiger partial charge in [0.25, 0.3) is 0 Å². The van der Waals surface area contributed by atoms with E-state index in [0.29, 0.717) is 41.9 Å². The molecule has 0 bridgehead atoms. The van der Waals surface area contributed by atoms with Crippen LogP contribution in [0.25, 0.3) is 22.0 Å². The first-order valence-electron chi connectivity index (χ1n) is 12.2. The smallest absolute Gasteiger partial charge is 0.159 e. The molecule has 7 nitrogen and oxygen atoms in total. The van der Waals surface area contributed by atoms with Gasteiger partial charge >= 0.3 is 0 Å². The third-order valence-corrected chi connectivity index (χ3v) is 6.85. The molecule has 1 aliphatic rings. The van der Waals surface area contributed by atoms with Crippen molar-refractivity contribution in [2.75, 3.05) is 25.0 Å². The Bertz CT molecular complexity index is 1420. The molecule has 5 rings (SSSR count). The molecule has 1 N–H and O–H groups in total. The van der Waals surface area contributed by atoms with E-state index in [1.54, 1.807) is 24.5 Å². The Kier molecular flexibility index (Phi) is 7.17. The molecule has 2 aromatic heterocycles. The Balaban J connectivity index is 1.64. The number of hydrogen-bond donors (Lipinski definition) is 1. The van der Waals surface area contributed by atoms with Gasteiger partial charge in [0, 0.05) is 36.4 Å². The number of nitrogens with zero attached hydrogens (tertiary/aromatic N) is 6. The molecule has 1 aliphatic heterocycles. The highest BCUT2D eigenvalue weighted by molar-refractivity contribution is 6.34. The van der Waals surface area contributed by atoms with Crippen LogP contribution in [0.3, 0.4) is 0 Å². The van der Waals surface area contributed by atoms with Gasteiger partial charge < -0.3 is 10.0 Å². The lowest BCUT2D eigenvalue weighted by Crippen LogP contribution is -2.35. The zero-order chi connectivity index (χ0) is 26.1. The Morgan fingerprint density at radius 1 is 1.08 bits per heavy atom. The third kappa shape index (κ3) is 5.19. The molecule has 4 aromatic rings. The number of phenols is 1. The number of aromatic hydroxyl groups is 1. The van der Waals surface area contributed by atoms with Gasteiger partial charge in [-0.2, -0.15) is 0 Å². The molecule has 0 radical (unpaired) electrons. The number of halogens is 3. The van der Waals surface area contributed by atoms with Crippen molar-refractivity contribution in [1.29, 1.82) is 0 Å². The van der Waals surface area contributed by atoms with Crippen LogP contribution < -0.4 is 4.90 Å². The molecule has 0 amide bonds. The van der Waals surface area contributed by atoms with Crippen molar-refractivity contribution in [2.45, 2.75) is 32.9 Å². The summed E-state index contributed by atoms with van der Waals surface area (Å²) in [5.41, 5.74) is -0.485. The van der Waals surface area contributed by atoms with E-state index in [0.717, 1.165) is 32.0 Å². The molecule has 1 saturated heterocycles. The van der Waals surface area contributed by atoms with Crippen molar-refractivity contribution in [1.82, 2.24) is 24.8 Å². The summed E-state index contributed by atoms with van der Waals surface area (Å²) in [6.07, 6.45) is 5.46. The van der Waals surface area contributed by atoms with Gasteiger partial charge in [-0.15, -0.1) is 0 Å². The summed E-state index contributed by atoms with van der Waals surface area (Å²) in [6.45, 7) is 4.49. The van der Waals surface area contributed by atoms with Crippen LogP contribution in [-0.4, -0.2) is 50.1 Å². The van der Waals surface area contributed by atoms with Gasteiger partial charge in [-0.3, -0.25) is 4.90 Å². The molecule has 37 heavy (non-hydrogen) atoms. The van der Waals surface area contributed by atoms with Crippen LogP contribution in [0.15, 0.2) is 42.7 Å². The van der Waals surface area contributed by atoms with Gasteiger partial charge in [0.05, 0.1) is 23.7 Å². The summed E-state index contributed by atoms with van der Waals surface area (Å²) in [5, 5.41) is 10.8. The molecule has 10 heteroatoms. The van der Waals surface area contributed by atoms with E-state index in [1.165, 1.54) is 12.1 Å². The van der Waals surface area contributed by atoms with Crippen molar-refractivity contribution in [3.8, 4) is 16.9 Å². The first-order chi connectivity index (χ1) is 17.8. The van der Waals surface area contributed by atoms with Gasteiger partial charge in [0.15, 0.2) is 5.82 Å². The molecule has 0 saturated carbocycles. The summed E-state index contributed by atoms with van der Waals surface area (Å²) in [6, 6.07) is 7.12. The number of fused-ring (bicyclic) bond motifs is 1. The van der Waals surface area contributed by atoms with Crippen molar-refractivity contribution in [2.24, 2.45) is 5.92 Å². The first kappa shape index (κ1) is 25.2. The minimum atomic E-state index is -0.799. The van der Waals surface area contributed by atoms with Crippen molar-refractivity contribution in [3.63, 3.8) is 0 Å². The Labute approximate surface area is 218 Å². The fourth-order valence-corrected chi connectivity index (χ4v) is 5.14. The zero-order valence-electron chi connectivity index (χ0n) is 20.6. The van der Waals surface area contributed by atoms with Crippen LogP contribution in [0, 0.1) is 17.6 Å². The molecule has 2 aromatic carbocycles. The normalized spacial score (nSPS) is 16.1. The standard InChI is InChI=1S/C27H27ClF2N6O/c1-16-6-4-11-36(13-16)27-17-12-18(28)23(24-19(29)7-3-8-20(24)37)25(30)26(17)33-22(34-27)15-35(2)14-21-31-9-5-10-32-21/h3,5,7-10,12,16,37H,4,6,11,13-15H2,1-2H3/t16-/m0/s1. The third-order valence-electron chi connectivity index (χ3n) is 6.55. The van der Waals surface area contributed by atoms with Crippen LogP contribution in [0.2, 0.25) is 5.02 Å². The second kappa shape index (κ2) is 10.5. The lowest BCUT2D eigenvalue weighted by molar-refractivity contribution is 0.302. The van der Waals surface area contributed by atoms with E-state index in [1.807, 2.05) is 11.9 Å². The molecule has 1 atom stereocenters. The summed E-state index contributed by atoms with van der Waals surface area (Å²) >= 11 is 6.53. The maximum atomic E-state index is 16.2. The summed E-state index contributed by atoms with van der Waals surface area (Å²) < 4.78 is 30.9. The van der Waals surface area contributed by atoms with Crippen LogP contribution in [0.4, 0.5) is 14.6 Å². The largest absolute Gasteiger partial charge is 0.507 e. The van der Waals surface area contributed by atoms with Crippen molar-refractivity contribution >= 4 is 28.3 Å². The van der Waals surface area contributed by atoms with Crippen LogP contribution in [0.1, 0.15) is 31.4 Å². The molecule has 1 fully saturated rings. The van der Waals surface area contributed by atoms with Gasteiger partial charge in [0.2, 0.25) is 0 Å². The van der Waals surface area contributed by atoms with E-state index in [-0.39, 0.29) is 21.7 Å². The number of benzene rings is 2. The Hall–Kier alpha value is -3.43. The van der Waals surface area contributed by atoms with Gasteiger partial charge in [0.1, 0.15) is 34.6 Å². The topological polar surface area (TPSA) is 78.3 Å². The fraction of sp³-hybridized carbons (Fsp3) is 0.333. The Morgan fingerprint density at radius 2 is 1.84 bits per heavy atom. The summed E-state index contributed by atoms with van der Waals surface area (Å²) in [4.78, 5) is 22.0. The van der Waals surface area contributed by atoms with Gasteiger partial charge in [-0.25, -0.2) is 28.7 Å². The second-order valence-electron chi connectivity index (χ2n) is 9.57. The fourth-order valence-electron chi connectivity index (χ4n) is 4.86. The lowest BCUT2D eigenvalue weighted by atomic mass is 9.98. The highest BCUT2D eigenvalue weighted by Crippen LogP contribution is 2.42. The summed E-state index contributed by atoms with van der Waals surface area (Å²) in [7, 11) is 1.88. The monoisotopic (exact) mass is 524 g/mol. The highest BCUT2D eigenvalue weighted by atomic mass is 35.5. The van der Waals surface area contributed by atoms with Crippen molar-refractivity contribution in [3.05, 3.63) is 71.0 Å². The maximum Gasteiger partial charge on any atom is 0.159 e. The van der Waals surface area contributed by atoms with E-state index in [9.17, 15) is 9.50 Å². The number of piperidine rings is 1. The van der Waals surface area contributed by atoms with E-state index in [4.69, 9.17) is 16.6 Å². The number of aromatic nitrogens is 4. The number of rotatable bonds is 6. The predicted molar refractivity (Wildman–Crippen MR) is 139 cm³/mol. The number of hydrogen-bond acceptors (Lipinski definition) is 7. The molecule has 0 unspecified atom stereocenters. The minimum Gasteiger partial charge on any atom is -0.507 e. The van der Waals surface area contributed by atoms with Crippen molar-refractivity contribution < 1.29 is 13.9 Å². The van der Waals surface area contributed by atoms with E-state index in [2.05, 4.69) is 26.8 Å². The average molecular weight is 525 g/mol. The Morgan fingerprint density at radius 3 is 2.57 bits per heavy atom. The number of phenolic OH excluding ortho intramolecular Hbond substituents is 1. The van der Waals surface area contributed by atoms with Crippen LogP contribution >= 0.6 is 11.6 Å². The molecule has 3 heterocycles.